The molecule has 240 valence electrons. The molecule has 4 aliphatic carbocycles. The fourth-order valence-corrected chi connectivity index (χ4v) is 9.91. The van der Waals surface area contributed by atoms with E-state index in [2.05, 4.69) is 13.0 Å². The van der Waals surface area contributed by atoms with Crippen molar-refractivity contribution in [2.24, 2.45) is 39.4 Å². The molecule has 43 heavy (non-hydrogen) atoms. The Labute approximate surface area is 255 Å². The number of Topliss-reactive ketones (excluding diaryl/α,β-unsaturated/α-hetero) is 3. The zero-order chi connectivity index (χ0) is 32.7. The third-order valence-electron chi connectivity index (χ3n) is 12.3. The summed E-state index contributed by atoms with van der Waals surface area (Å²) in [7, 11) is 0. The smallest absolute Gasteiger partial charge is 0.303 e. The zero-order valence-electron chi connectivity index (χ0n) is 27.5. The molecule has 9 nitrogen and oxygen atoms in total. The highest BCUT2D eigenvalue weighted by molar-refractivity contribution is 5.93. The highest BCUT2D eigenvalue weighted by Crippen LogP contribution is 2.74. The Bertz CT molecular complexity index is 1270. The molecule has 0 aliphatic heterocycles. The number of carbonyl (C=O) groups excluding carboxylic acids is 5. The van der Waals surface area contributed by atoms with E-state index in [-0.39, 0.29) is 49.1 Å². The Morgan fingerprint density at radius 3 is 2.16 bits per heavy atom. The molecule has 0 aromatic rings. The number of rotatable bonds is 7. The first kappa shape index (κ1) is 33.5. The molecule has 0 spiro atoms. The molecule has 0 heterocycles. The Morgan fingerprint density at radius 1 is 1.00 bits per heavy atom. The van der Waals surface area contributed by atoms with Crippen molar-refractivity contribution in [1.29, 1.82) is 0 Å². The van der Waals surface area contributed by atoms with Crippen LogP contribution in [0, 0.1) is 39.4 Å². The summed E-state index contributed by atoms with van der Waals surface area (Å²) in [5.41, 5.74) is -5.22. The van der Waals surface area contributed by atoms with E-state index in [1.807, 2.05) is 27.7 Å². The summed E-state index contributed by atoms with van der Waals surface area (Å²) in [6, 6.07) is 0. The molecule has 4 rings (SSSR count). The molecule has 3 fully saturated rings. The third-order valence-corrected chi connectivity index (χ3v) is 12.3. The molecule has 4 aliphatic rings. The molecule has 0 radical (unpaired) electrons. The quantitative estimate of drug-likeness (QED) is 0.322. The van der Waals surface area contributed by atoms with Gasteiger partial charge in [0.25, 0.3) is 0 Å². The van der Waals surface area contributed by atoms with Gasteiger partial charge in [-0.1, -0.05) is 46.3 Å². The second-order valence-electron chi connectivity index (χ2n) is 15.8. The van der Waals surface area contributed by atoms with Gasteiger partial charge in [0, 0.05) is 49.9 Å². The largest absolute Gasteiger partial charge is 0.462 e. The van der Waals surface area contributed by atoms with Crippen molar-refractivity contribution in [3.63, 3.8) is 0 Å². The van der Waals surface area contributed by atoms with Crippen molar-refractivity contribution >= 4 is 29.3 Å². The molecule has 9 heteroatoms. The van der Waals surface area contributed by atoms with E-state index in [4.69, 9.17) is 9.47 Å². The van der Waals surface area contributed by atoms with Gasteiger partial charge < -0.3 is 19.7 Å². The average molecular weight is 603 g/mol. The van der Waals surface area contributed by atoms with Gasteiger partial charge in [-0.15, -0.1) is 0 Å². The monoisotopic (exact) mass is 602 g/mol. The fourth-order valence-electron chi connectivity index (χ4n) is 9.91. The lowest BCUT2D eigenvalue weighted by atomic mass is 9.38. The van der Waals surface area contributed by atoms with Crippen LogP contribution in [0.3, 0.4) is 0 Å². The van der Waals surface area contributed by atoms with E-state index in [9.17, 15) is 34.2 Å². The number of allylic oxidation sites excluding steroid dienone is 1. The highest BCUT2D eigenvalue weighted by Gasteiger charge is 2.75. The van der Waals surface area contributed by atoms with Gasteiger partial charge in [-0.2, -0.15) is 0 Å². The van der Waals surface area contributed by atoms with Crippen LogP contribution in [-0.2, 0) is 33.4 Å². The number of carbonyl (C=O) groups is 5. The molecule has 0 aromatic heterocycles. The predicted octanol–water partition coefficient (Wildman–Crippen LogP) is 4.29. The van der Waals surface area contributed by atoms with Gasteiger partial charge >= 0.3 is 11.9 Å². The number of hydrogen-bond donors (Lipinski definition) is 2. The molecule has 2 N–H and O–H groups in total. The maximum Gasteiger partial charge on any atom is 0.303 e. The van der Waals surface area contributed by atoms with Crippen molar-refractivity contribution < 1.29 is 43.7 Å². The summed E-state index contributed by atoms with van der Waals surface area (Å²) in [5.74, 6) is -3.28. The van der Waals surface area contributed by atoms with Crippen LogP contribution >= 0.6 is 0 Å². The molecule has 0 aromatic carbocycles. The lowest BCUT2D eigenvalue weighted by molar-refractivity contribution is -0.186. The van der Waals surface area contributed by atoms with E-state index in [0.717, 1.165) is 5.57 Å². The summed E-state index contributed by atoms with van der Waals surface area (Å²) in [4.78, 5) is 65.3. The molecule has 0 unspecified atom stereocenters. The van der Waals surface area contributed by atoms with Crippen molar-refractivity contribution in [3.8, 4) is 0 Å². The SMILES string of the molecule is CC(=O)O[C@@H]1C[C@@]2(C)[C@@H]3CC=C4[C@@H](CC(=O)[C@H](O)C4(C)C)[C@]3(C)C(=O)C[C@]2(C)[C@H]1[C@@](C)(O)C(=O)CCC(C)(C)OC(C)=O. The van der Waals surface area contributed by atoms with Gasteiger partial charge in [-0.25, -0.2) is 0 Å². The average Bonchev–Trinajstić information content (AvgIpc) is 3.07. The number of ether oxygens (including phenoxy) is 2. The van der Waals surface area contributed by atoms with E-state index in [1.165, 1.54) is 20.8 Å². The van der Waals surface area contributed by atoms with Crippen molar-refractivity contribution in [2.45, 2.75) is 131 Å². The normalized spacial score (nSPS) is 39.9. The first-order chi connectivity index (χ1) is 19.5. The predicted molar refractivity (Wildman–Crippen MR) is 157 cm³/mol. The minimum atomic E-state index is -1.95. The number of fused-ring (bicyclic) bond motifs is 5. The van der Waals surface area contributed by atoms with Crippen LogP contribution in [0.2, 0.25) is 0 Å². The molecular formula is C34H50O9. The Morgan fingerprint density at radius 2 is 1.60 bits per heavy atom. The Kier molecular flexibility index (Phi) is 8.05. The van der Waals surface area contributed by atoms with Gasteiger partial charge in [0.1, 0.15) is 29.2 Å². The number of aliphatic hydroxyl groups is 2. The van der Waals surface area contributed by atoms with Crippen LogP contribution in [0.25, 0.3) is 0 Å². The molecule has 0 bridgehead atoms. The molecule has 0 amide bonds. The van der Waals surface area contributed by atoms with Crippen LogP contribution in [0.5, 0.6) is 0 Å². The first-order valence-electron chi connectivity index (χ1n) is 15.5. The van der Waals surface area contributed by atoms with Gasteiger partial charge in [0.15, 0.2) is 11.6 Å². The van der Waals surface area contributed by atoms with E-state index in [1.54, 1.807) is 13.8 Å². The lowest BCUT2D eigenvalue weighted by Gasteiger charge is -2.64. The summed E-state index contributed by atoms with van der Waals surface area (Å²) < 4.78 is 11.2. The number of aliphatic hydroxyl groups excluding tert-OH is 1. The van der Waals surface area contributed by atoms with E-state index >= 15 is 0 Å². The van der Waals surface area contributed by atoms with Crippen LogP contribution < -0.4 is 0 Å². The summed E-state index contributed by atoms with van der Waals surface area (Å²) in [6.07, 6.45) is 1.24. The second-order valence-corrected chi connectivity index (χ2v) is 15.8. The summed E-state index contributed by atoms with van der Waals surface area (Å²) >= 11 is 0. The van der Waals surface area contributed by atoms with Gasteiger partial charge in [0.2, 0.25) is 0 Å². The minimum Gasteiger partial charge on any atom is -0.462 e. The number of ketones is 3. The maximum atomic E-state index is 14.5. The Balaban J connectivity index is 1.78. The fraction of sp³-hybridized carbons (Fsp3) is 0.794. The van der Waals surface area contributed by atoms with Crippen LogP contribution in [0.4, 0.5) is 0 Å². The van der Waals surface area contributed by atoms with Gasteiger partial charge in [0.05, 0.1) is 0 Å². The highest BCUT2D eigenvalue weighted by atomic mass is 16.6. The standard InChI is InChI=1S/C34H50O9/c1-18(35)42-23-16-31(7)24-12-11-20-21(15-22(37)28(40)30(20,5)6)33(24,9)26(39)17-32(31,8)27(23)34(10,41)25(38)13-14-29(3,4)43-19(2)36/h11,21,23-24,27-28,40-41H,12-17H2,1-10H3/t21-,23-,24+,27+,28+,31+,32-,33+,34+/m1/s1. The molecular weight excluding hydrogens is 552 g/mol. The molecule has 0 saturated heterocycles. The Hall–Kier alpha value is -2.39. The third kappa shape index (κ3) is 4.93. The second kappa shape index (κ2) is 10.3. The maximum absolute atomic E-state index is 14.5. The first-order valence-corrected chi connectivity index (χ1v) is 15.5. The number of hydrogen-bond acceptors (Lipinski definition) is 9. The number of esters is 2. The van der Waals surface area contributed by atoms with Crippen LogP contribution in [0.15, 0.2) is 11.6 Å². The minimum absolute atomic E-state index is 0.0409. The topological polar surface area (TPSA) is 144 Å². The zero-order valence-corrected chi connectivity index (χ0v) is 27.5. The lowest BCUT2D eigenvalue weighted by Crippen LogP contribution is -2.65. The van der Waals surface area contributed by atoms with Crippen molar-refractivity contribution in [2.75, 3.05) is 0 Å². The van der Waals surface area contributed by atoms with Crippen LogP contribution in [0.1, 0.15) is 108 Å². The van der Waals surface area contributed by atoms with Crippen molar-refractivity contribution in [3.05, 3.63) is 11.6 Å². The van der Waals surface area contributed by atoms with E-state index < -0.39 is 68.7 Å². The van der Waals surface area contributed by atoms with Crippen molar-refractivity contribution in [1.82, 2.24) is 0 Å². The molecule has 9 atom stereocenters. The van der Waals surface area contributed by atoms with Gasteiger partial charge in [-0.3, -0.25) is 24.0 Å². The molecule has 3 saturated carbocycles. The van der Waals surface area contributed by atoms with Crippen LogP contribution in [-0.4, -0.2) is 62.9 Å². The van der Waals surface area contributed by atoms with Gasteiger partial charge in [-0.05, 0) is 62.7 Å². The summed E-state index contributed by atoms with van der Waals surface area (Å²) in [5, 5.41) is 22.8. The van der Waals surface area contributed by atoms with E-state index in [0.29, 0.717) is 12.8 Å². The summed E-state index contributed by atoms with van der Waals surface area (Å²) in [6.45, 7) is 17.1.